The smallest absolute Gasteiger partial charge is 0.238 e. The van der Waals surface area contributed by atoms with Crippen molar-refractivity contribution in [2.45, 2.75) is 19.5 Å². The summed E-state index contributed by atoms with van der Waals surface area (Å²) in [6, 6.07) is 25.7. The second-order valence-electron chi connectivity index (χ2n) is 7.17. The molecule has 0 atom stereocenters. The van der Waals surface area contributed by atoms with Crippen molar-refractivity contribution in [3.63, 3.8) is 0 Å². The molecule has 1 N–H and O–H groups in total. The molecule has 4 aromatic rings. The van der Waals surface area contributed by atoms with E-state index < -0.39 is 0 Å². The van der Waals surface area contributed by atoms with Gasteiger partial charge in [-0.3, -0.25) is 9.69 Å². The molecule has 0 aliphatic rings. The molecule has 0 spiro atoms. The molecule has 4 rings (SSSR count). The first-order chi connectivity index (χ1) is 14.8. The van der Waals surface area contributed by atoms with Crippen LogP contribution in [0.5, 0.6) is 0 Å². The van der Waals surface area contributed by atoms with E-state index in [0.29, 0.717) is 13.1 Å². The molecule has 0 radical (unpaired) electrons. The lowest BCUT2D eigenvalue weighted by molar-refractivity contribution is -0.117. The quantitative estimate of drug-likeness (QED) is 0.424. The van der Waals surface area contributed by atoms with Crippen molar-refractivity contribution in [2.75, 3.05) is 11.9 Å². The summed E-state index contributed by atoms with van der Waals surface area (Å²) in [6.45, 7) is 1.26. The van der Waals surface area contributed by atoms with E-state index in [1.807, 2.05) is 71.6 Å². The Morgan fingerprint density at radius 2 is 1.40 bits per heavy atom. The zero-order valence-corrected chi connectivity index (χ0v) is 16.7. The number of nitrogens with zero attached hydrogens (tertiary/aromatic N) is 1. The van der Waals surface area contributed by atoms with Gasteiger partial charge in [0.15, 0.2) is 0 Å². The summed E-state index contributed by atoms with van der Waals surface area (Å²) in [7, 11) is 0. The third-order valence-corrected chi connectivity index (χ3v) is 4.82. The van der Waals surface area contributed by atoms with Crippen LogP contribution < -0.4 is 5.32 Å². The van der Waals surface area contributed by atoms with Crippen molar-refractivity contribution in [2.24, 2.45) is 0 Å². The molecule has 5 nitrogen and oxygen atoms in total. The number of amides is 1. The van der Waals surface area contributed by atoms with Gasteiger partial charge >= 0.3 is 0 Å². The number of nitrogens with one attached hydrogen (secondary N) is 1. The standard InChI is InChI=1S/C25H24N2O3/c28-25(19-27(17-22-11-6-14-29-22)18-23-12-7-15-30-23)26-24-13-5-4-10-21(24)16-20-8-2-1-3-9-20/h1-15H,16-19H2,(H,26,28). The van der Waals surface area contributed by atoms with E-state index >= 15 is 0 Å². The lowest BCUT2D eigenvalue weighted by Gasteiger charge is -2.20. The number of furan rings is 2. The molecule has 5 heteroatoms. The Labute approximate surface area is 175 Å². The summed E-state index contributed by atoms with van der Waals surface area (Å²) in [6.07, 6.45) is 4.04. The van der Waals surface area contributed by atoms with E-state index in [2.05, 4.69) is 17.4 Å². The predicted octanol–water partition coefficient (Wildman–Crippen LogP) is 5.10. The van der Waals surface area contributed by atoms with Gasteiger partial charge in [-0.05, 0) is 47.9 Å². The van der Waals surface area contributed by atoms with Crippen molar-refractivity contribution in [1.82, 2.24) is 4.90 Å². The monoisotopic (exact) mass is 400 g/mol. The molecule has 0 fully saturated rings. The highest BCUT2D eigenvalue weighted by atomic mass is 16.3. The van der Waals surface area contributed by atoms with Crippen molar-refractivity contribution >= 4 is 11.6 Å². The number of para-hydroxylation sites is 1. The Bertz CT molecular complexity index is 1000. The lowest BCUT2D eigenvalue weighted by atomic mass is 10.0. The van der Waals surface area contributed by atoms with Crippen LogP contribution in [0.4, 0.5) is 5.69 Å². The number of hydrogen-bond donors (Lipinski definition) is 1. The number of carbonyl (C=O) groups excluding carboxylic acids is 1. The summed E-state index contributed by atoms with van der Waals surface area (Å²) >= 11 is 0. The number of anilines is 1. The van der Waals surface area contributed by atoms with Crippen LogP contribution in [0, 0.1) is 0 Å². The first-order valence-electron chi connectivity index (χ1n) is 9.95. The van der Waals surface area contributed by atoms with E-state index in [-0.39, 0.29) is 12.5 Å². The highest BCUT2D eigenvalue weighted by molar-refractivity contribution is 5.93. The maximum atomic E-state index is 12.9. The van der Waals surface area contributed by atoms with E-state index in [1.165, 1.54) is 5.56 Å². The van der Waals surface area contributed by atoms with Gasteiger partial charge < -0.3 is 14.2 Å². The number of hydrogen-bond acceptors (Lipinski definition) is 4. The molecule has 2 aromatic carbocycles. The Morgan fingerprint density at radius 3 is 2.03 bits per heavy atom. The molecule has 0 saturated heterocycles. The minimum Gasteiger partial charge on any atom is -0.468 e. The Morgan fingerprint density at radius 1 is 0.767 bits per heavy atom. The second kappa shape index (κ2) is 9.76. The normalized spacial score (nSPS) is 11.0. The third kappa shape index (κ3) is 5.49. The SMILES string of the molecule is O=C(CN(Cc1ccco1)Cc1ccco1)Nc1ccccc1Cc1ccccc1. The molecular weight excluding hydrogens is 376 g/mol. The molecule has 2 heterocycles. The van der Waals surface area contributed by atoms with Gasteiger partial charge in [0.2, 0.25) is 5.91 Å². The van der Waals surface area contributed by atoms with Crippen molar-refractivity contribution in [3.8, 4) is 0 Å². The van der Waals surface area contributed by atoms with Gasteiger partial charge in [-0.15, -0.1) is 0 Å². The minimum atomic E-state index is -0.0753. The number of rotatable bonds is 9. The van der Waals surface area contributed by atoms with Crippen molar-refractivity contribution in [1.29, 1.82) is 0 Å². The van der Waals surface area contributed by atoms with Crippen molar-refractivity contribution in [3.05, 3.63) is 114 Å². The Hall–Kier alpha value is -3.57. The summed E-state index contributed by atoms with van der Waals surface area (Å²) < 4.78 is 10.9. The highest BCUT2D eigenvalue weighted by Crippen LogP contribution is 2.19. The fourth-order valence-electron chi connectivity index (χ4n) is 3.42. The second-order valence-corrected chi connectivity index (χ2v) is 7.17. The summed E-state index contributed by atoms with van der Waals surface area (Å²) in [5, 5.41) is 3.08. The molecule has 0 bridgehead atoms. The van der Waals surface area contributed by atoms with Gasteiger partial charge in [-0.25, -0.2) is 0 Å². The summed E-state index contributed by atoms with van der Waals surface area (Å²) in [4.78, 5) is 14.9. The molecule has 1 amide bonds. The molecule has 152 valence electrons. The minimum absolute atomic E-state index is 0.0753. The Kier molecular flexibility index (Phi) is 6.42. The largest absolute Gasteiger partial charge is 0.468 e. The van der Waals surface area contributed by atoms with E-state index in [9.17, 15) is 4.79 Å². The van der Waals surface area contributed by atoms with Gasteiger partial charge in [-0.1, -0.05) is 48.5 Å². The molecule has 0 saturated carbocycles. The predicted molar refractivity (Wildman–Crippen MR) is 116 cm³/mol. The zero-order chi connectivity index (χ0) is 20.6. The highest BCUT2D eigenvalue weighted by Gasteiger charge is 2.16. The van der Waals surface area contributed by atoms with Gasteiger partial charge in [-0.2, -0.15) is 0 Å². The topological polar surface area (TPSA) is 58.6 Å². The first kappa shape index (κ1) is 19.7. The molecule has 0 aliphatic heterocycles. The molecule has 30 heavy (non-hydrogen) atoms. The van der Waals surface area contributed by atoms with Crippen LogP contribution in [-0.4, -0.2) is 17.4 Å². The maximum absolute atomic E-state index is 12.9. The fourth-order valence-corrected chi connectivity index (χ4v) is 3.42. The van der Waals surface area contributed by atoms with Gasteiger partial charge in [0, 0.05) is 5.69 Å². The van der Waals surface area contributed by atoms with Gasteiger partial charge in [0.05, 0.1) is 32.2 Å². The van der Waals surface area contributed by atoms with Crippen LogP contribution in [-0.2, 0) is 24.3 Å². The molecule has 0 unspecified atom stereocenters. The zero-order valence-electron chi connectivity index (χ0n) is 16.7. The molecular formula is C25H24N2O3. The number of benzene rings is 2. The first-order valence-corrected chi connectivity index (χ1v) is 9.95. The van der Waals surface area contributed by atoms with Gasteiger partial charge in [0.1, 0.15) is 11.5 Å². The third-order valence-electron chi connectivity index (χ3n) is 4.82. The van der Waals surface area contributed by atoms with E-state index in [4.69, 9.17) is 8.83 Å². The molecule has 2 aromatic heterocycles. The van der Waals surface area contributed by atoms with Gasteiger partial charge in [0.25, 0.3) is 0 Å². The van der Waals surface area contributed by atoms with Crippen LogP contribution in [0.1, 0.15) is 22.6 Å². The average molecular weight is 400 g/mol. The van der Waals surface area contributed by atoms with Crippen LogP contribution in [0.3, 0.4) is 0 Å². The van der Waals surface area contributed by atoms with E-state index in [1.54, 1.807) is 12.5 Å². The molecule has 0 aliphatic carbocycles. The number of carbonyl (C=O) groups is 1. The summed E-state index contributed by atoms with van der Waals surface area (Å²) in [5.74, 6) is 1.53. The fraction of sp³-hybridized carbons (Fsp3) is 0.160. The van der Waals surface area contributed by atoms with E-state index in [0.717, 1.165) is 29.2 Å². The van der Waals surface area contributed by atoms with Crippen LogP contribution in [0.2, 0.25) is 0 Å². The van der Waals surface area contributed by atoms with Crippen LogP contribution >= 0.6 is 0 Å². The van der Waals surface area contributed by atoms with Crippen LogP contribution in [0.15, 0.2) is 100 Å². The van der Waals surface area contributed by atoms with Crippen molar-refractivity contribution < 1.29 is 13.6 Å². The Balaban J connectivity index is 1.44. The maximum Gasteiger partial charge on any atom is 0.238 e. The average Bonchev–Trinajstić information content (AvgIpc) is 3.45. The van der Waals surface area contributed by atoms with Crippen LogP contribution in [0.25, 0.3) is 0 Å². The summed E-state index contributed by atoms with van der Waals surface area (Å²) in [5.41, 5.74) is 3.12. The lowest BCUT2D eigenvalue weighted by Crippen LogP contribution is -2.32.